The van der Waals surface area contributed by atoms with E-state index in [0.717, 1.165) is 22.5 Å². The average Bonchev–Trinajstić information content (AvgIpc) is 3.06. The summed E-state index contributed by atoms with van der Waals surface area (Å²) in [6, 6.07) is 15.8. The second-order valence-corrected chi connectivity index (χ2v) is 9.78. The molecule has 1 heterocycles. The summed E-state index contributed by atoms with van der Waals surface area (Å²) in [7, 11) is 7.92. The van der Waals surface area contributed by atoms with Crippen LogP contribution in [0.15, 0.2) is 65.3 Å². The van der Waals surface area contributed by atoms with E-state index in [9.17, 15) is 9.59 Å². The van der Waals surface area contributed by atoms with Crippen molar-refractivity contribution in [3.63, 3.8) is 0 Å². The number of esters is 1. The third-order valence-electron chi connectivity index (χ3n) is 5.23. The molecule has 0 aliphatic carbocycles. The number of carbonyl (C=O) groups is 2. The minimum Gasteiger partial charge on any atom is -0.459 e. The molecule has 0 radical (unpaired) electrons. The standard InChI is InChI=1S/C28H34N4O3/c1-28(2,3)35-26(33)19-32-25(17-12-20-8-13-22(14-9-20)30(4)5)29-24(27(32)34)18-21-10-15-23(16-11-21)31(6)7/h8-18H,19H2,1-7H3/b17-12+,24-18-. The summed E-state index contributed by atoms with van der Waals surface area (Å²) in [5.74, 6) is -0.428. The molecule has 0 spiro atoms. The van der Waals surface area contributed by atoms with E-state index in [-0.39, 0.29) is 18.1 Å². The van der Waals surface area contributed by atoms with Crippen LogP contribution in [0.1, 0.15) is 31.9 Å². The first-order valence-corrected chi connectivity index (χ1v) is 11.5. The van der Waals surface area contributed by atoms with E-state index in [1.54, 1.807) is 32.9 Å². The fourth-order valence-corrected chi connectivity index (χ4v) is 3.43. The van der Waals surface area contributed by atoms with Crippen molar-refractivity contribution in [2.24, 2.45) is 4.99 Å². The van der Waals surface area contributed by atoms with Crippen LogP contribution in [0.25, 0.3) is 12.2 Å². The van der Waals surface area contributed by atoms with E-state index in [4.69, 9.17) is 4.74 Å². The number of amides is 1. The molecule has 1 amide bonds. The monoisotopic (exact) mass is 474 g/mol. The lowest BCUT2D eigenvalue weighted by Crippen LogP contribution is -2.39. The first-order chi connectivity index (χ1) is 16.4. The molecule has 0 aromatic heterocycles. The minimum atomic E-state index is -0.645. The number of benzene rings is 2. The molecule has 0 atom stereocenters. The van der Waals surface area contributed by atoms with Crippen LogP contribution in [-0.2, 0) is 14.3 Å². The summed E-state index contributed by atoms with van der Waals surface area (Å²) in [4.78, 5) is 35.7. The molecule has 0 fully saturated rings. The van der Waals surface area contributed by atoms with Gasteiger partial charge in [0.15, 0.2) is 0 Å². The van der Waals surface area contributed by atoms with E-state index in [2.05, 4.69) is 4.99 Å². The normalized spacial score (nSPS) is 15.1. The molecule has 3 rings (SSSR count). The Kier molecular flexibility index (Phi) is 7.79. The van der Waals surface area contributed by atoms with Gasteiger partial charge in [-0.3, -0.25) is 14.5 Å². The first kappa shape index (κ1) is 25.7. The Hall–Kier alpha value is -3.87. The van der Waals surface area contributed by atoms with Gasteiger partial charge in [-0.05, 0) is 68.3 Å². The second-order valence-electron chi connectivity index (χ2n) is 9.78. The van der Waals surface area contributed by atoms with Crippen LogP contribution in [0.3, 0.4) is 0 Å². The van der Waals surface area contributed by atoms with Crippen LogP contribution >= 0.6 is 0 Å². The van der Waals surface area contributed by atoms with Crippen LogP contribution in [0.5, 0.6) is 0 Å². The maximum absolute atomic E-state index is 13.2. The van der Waals surface area contributed by atoms with Crippen molar-refractivity contribution in [2.45, 2.75) is 26.4 Å². The predicted octanol–water partition coefficient (Wildman–Crippen LogP) is 4.46. The summed E-state index contributed by atoms with van der Waals surface area (Å²) in [6.07, 6.45) is 5.36. The molecule has 0 saturated heterocycles. The zero-order valence-corrected chi connectivity index (χ0v) is 21.6. The minimum absolute atomic E-state index is 0.213. The lowest BCUT2D eigenvalue weighted by atomic mass is 10.1. The van der Waals surface area contributed by atoms with E-state index in [0.29, 0.717) is 5.84 Å². The molecule has 2 aromatic rings. The number of nitrogens with zero attached hydrogens (tertiary/aromatic N) is 4. The predicted molar refractivity (Wildman–Crippen MR) is 144 cm³/mol. The summed E-state index contributed by atoms with van der Waals surface area (Å²) in [5, 5.41) is 0. The van der Waals surface area contributed by atoms with E-state index in [1.165, 1.54) is 4.90 Å². The van der Waals surface area contributed by atoms with Crippen LogP contribution in [-0.4, -0.2) is 62.9 Å². The molecule has 184 valence electrons. The summed E-state index contributed by atoms with van der Waals surface area (Å²) < 4.78 is 5.44. The zero-order valence-electron chi connectivity index (χ0n) is 21.6. The van der Waals surface area contributed by atoms with Gasteiger partial charge in [-0.25, -0.2) is 4.99 Å². The van der Waals surface area contributed by atoms with Crippen molar-refractivity contribution >= 4 is 41.2 Å². The van der Waals surface area contributed by atoms with Gasteiger partial charge in [-0.2, -0.15) is 0 Å². The van der Waals surface area contributed by atoms with Crippen LogP contribution in [0.2, 0.25) is 0 Å². The third kappa shape index (κ3) is 7.06. The summed E-state index contributed by atoms with van der Waals surface area (Å²) in [6.45, 7) is 5.18. The molecule has 0 bridgehead atoms. The first-order valence-electron chi connectivity index (χ1n) is 11.5. The highest BCUT2D eigenvalue weighted by Crippen LogP contribution is 2.22. The van der Waals surface area contributed by atoms with Gasteiger partial charge < -0.3 is 14.5 Å². The number of carbonyl (C=O) groups excluding carboxylic acids is 2. The smallest absolute Gasteiger partial charge is 0.326 e. The van der Waals surface area contributed by atoms with Crippen LogP contribution in [0, 0.1) is 0 Å². The Balaban J connectivity index is 1.89. The number of anilines is 2. The highest BCUT2D eigenvalue weighted by Gasteiger charge is 2.32. The molecule has 7 nitrogen and oxygen atoms in total. The molecule has 7 heteroatoms. The number of hydrogen-bond donors (Lipinski definition) is 0. The molecule has 0 saturated carbocycles. The second kappa shape index (κ2) is 10.6. The SMILES string of the molecule is CN(C)c1ccc(/C=C2N=C(/C=C/c3ccc(N(C)C)cc3)N(CC(=O)OC(C)(C)C)C\2=O)cc1. The van der Waals surface area contributed by atoms with Crippen LogP contribution < -0.4 is 9.80 Å². The van der Waals surface area contributed by atoms with Crippen molar-refractivity contribution in [3.05, 3.63) is 71.4 Å². The van der Waals surface area contributed by atoms with E-state index < -0.39 is 11.6 Å². The van der Waals surface area contributed by atoms with Crippen molar-refractivity contribution in [3.8, 4) is 0 Å². The topological polar surface area (TPSA) is 65.4 Å². The van der Waals surface area contributed by atoms with Crippen molar-refractivity contribution in [1.82, 2.24) is 4.90 Å². The molecule has 0 unspecified atom stereocenters. The number of amidine groups is 1. The largest absolute Gasteiger partial charge is 0.459 e. The Morgan fingerprint density at radius 3 is 1.89 bits per heavy atom. The summed E-state index contributed by atoms with van der Waals surface area (Å²) in [5.41, 5.74) is 3.59. The molecule has 35 heavy (non-hydrogen) atoms. The molecular formula is C28H34N4O3. The molecule has 1 aliphatic heterocycles. The quantitative estimate of drug-likeness (QED) is 0.438. The number of aliphatic imine (C=N–C) groups is 1. The van der Waals surface area contributed by atoms with E-state index in [1.807, 2.05) is 92.6 Å². The Labute approximate surface area is 208 Å². The van der Waals surface area contributed by atoms with Crippen molar-refractivity contribution in [2.75, 3.05) is 44.5 Å². The maximum Gasteiger partial charge on any atom is 0.326 e. The highest BCUT2D eigenvalue weighted by atomic mass is 16.6. The van der Waals surface area contributed by atoms with Gasteiger partial charge in [0, 0.05) is 39.6 Å². The fraction of sp³-hybridized carbons (Fsp3) is 0.321. The van der Waals surface area contributed by atoms with Gasteiger partial charge in [0.05, 0.1) is 0 Å². The van der Waals surface area contributed by atoms with E-state index >= 15 is 0 Å². The van der Waals surface area contributed by atoms with Gasteiger partial charge >= 0.3 is 5.97 Å². The van der Waals surface area contributed by atoms with Gasteiger partial charge in [-0.1, -0.05) is 30.3 Å². The molecule has 2 aromatic carbocycles. The Morgan fingerprint density at radius 2 is 1.40 bits per heavy atom. The Bertz CT molecular complexity index is 1150. The highest BCUT2D eigenvalue weighted by molar-refractivity contribution is 6.19. The van der Waals surface area contributed by atoms with Crippen molar-refractivity contribution < 1.29 is 14.3 Å². The number of hydrogen-bond acceptors (Lipinski definition) is 6. The third-order valence-corrected chi connectivity index (χ3v) is 5.23. The molecule has 0 N–H and O–H groups in total. The average molecular weight is 475 g/mol. The van der Waals surface area contributed by atoms with Gasteiger partial charge in [0.25, 0.3) is 5.91 Å². The van der Waals surface area contributed by atoms with Crippen molar-refractivity contribution in [1.29, 1.82) is 0 Å². The van der Waals surface area contributed by atoms with Gasteiger partial charge in [-0.15, -0.1) is 0 Å². The molecular weight excluding hydrogens is 440 g/mol. The number of rotatable bonds is 7. The molecule has 1 aliphatic rings. The maximum atomic E-state index is 13.2. The van der Waals surface area contributed by atoms with Gasteiger partial charge in [0.1, 0.15) is 23.7 Å². The van der Waals surface area contributed by atoms with Crippen LogP contribution in [0.4, 0.5) is 11.4 Å². The lowest BCUT2D eigenvalue weighted by Gasteiger charge is -2.22. The van der Waals surface area contributed by atoms with Gasteiger partial charge in [0.2, 0.25) is 0 Å². The Morgan fingerprint density at radius 1 is 0.886 bits per heavy atom. The zero-order chi connectivity index (χ0) is 25.8. The fourth-order valence-electron chi connectivity index (χ4n) is 3.43. The summed E-state index contributed by atoms with van der Waals surface area (Å²) >= 11 is 0. The number of ether oxygens (including phenoxy) is 1. The lowest BCUT2D eigenvalue weighted by molar-refractivity contribution is -0.156.